The molecule has 0 aliphatic heterocycles. The number of carboxylic acids is 1. The summed E-state index contributed by atoms with van der Waals surface area (Å²) in [6.45, 7) is 1.98. The van der Waals surface area contributed by atoms with Crippen LogP contribution in [-0.2, 0) is 4.79 Å². The summed E-state index contributed by atoms with van der Waals surface area (Å²) in [6.07, 6.45) is 2.81. The lowest BCUT2D eigenvalue weighted by Gasteiger charge is -2.09. The zero-order valence-electron chi connectivity index (χ0n) is 9.41. The van der Waals surface area contributed by atoms with Crippen molar-refractivity contribution in [3.05, 3.63) is 24.4 Å². The molecule has 2 aromatic rings. The van der Waals surface area contributed by atoms with Gasteiger partial charge in [0.25, 0.3) is 0 Å². The second-order valence-electron chi connectivity index (χ2n) is 3.66. The van der Waals surface area contributed by atoms with Crippen molar-refractivity contribution >= 4 is 23.4 Å². The number of carboxylic acid groups (broad SMARTS) is 1. The smallest absolute Gasteiger partial charge is 0.304 e. The number of pyridine rings is 1. The first-order chi connectivity index (χ1) is 8.20. The molecular weight excluding hydrogens is 238 g/mol. The lowest BCUT2D eigenvalue weighted by Crippen LogP contribution is -2.09. The van der Waals surface area contributed by atoms with Crippen LogP contribution in [0.3, 0.4) is 0 Å². The van der Waals surface area contributed by atoms with Crippen molar-refractivity contribution < 1.29 is 9.90 Å². The third-order valence-corrected chi connectivity index (χ3v) is 3.73. The van der Waals surface area contributed by atoms with Crippen molar-refractivity contribution in [3.63, 3.8) is 0 Å². The molecule has 1 unspecified atom stereocenters. The molecule has 2 rings (SSSR count). The Bertz CT molecular complexity index is 526. The molecule has 1 atom stereocenters. The standard InChI is InChI=1S/C11H13N3O2S/c1-2-8(7-10(15)16)17-11-13-12-9-5-3-4-6-14(9)11/h3-6,8H,2,7H2,1H3,(H,15,16). The van der Waals surface area contributed by atoms with Gasteiger partial charge >= 0.3 is 5.97 Å². The molecule has 0 bridgehead atoms. The lowest BCUT2D eigenvalue weighted by atomic mass is 10.2. The highest BCUT2D eigenvalue weighted by Gasteiger charge is 2.16. The van der Waals surface area contributed by atoms with E-state index in [0.717, 1.165) is 17.2 Å². The van der Waals surface area contributed by atoms with Crippen molar-refractivity contribution in [2.24, 2.45) is 0 Å². The van der Waals surface area contributed by atoms with Crippen LogP contribution in [0, 0.1) is 0 Å². The third-order valence-electron chi connectivity index (χ3n) is 2.41. The second kappa shape index (κ2) is 5.18. The van der Waals surface area contributed by atoms with Crippen LogP contribution in [0.5, 0.6) is 0 Å². The minimum absolute atomic E-state index is 0.0279. The third kappa shape index (κ3) is 2.76. The Morgan fingerprint density at radius 2 is 2.35 bits per heavy atom. The first-order valence-electron chi connectivity index (χ1n) is 5.39. The summed E-state index contributed by atoms with van der Waals surface area (Å²) in [6, 6.07) is 5.67. The van der Waals surface area contributed by atoms with Gasteiger partial charge in [0.1, 0.15) is 0 Å². The van der Waals surface area contributed by atoms with Crippen LogP contribution < -0.4 is 0 Å². The van der Waals surface area contributed by atoms with E-state index >= 15 is 0 Å². The predicted octanol–water partition coefficient (Wildman–Crippen LogP) is 2.07. The molecule has 0 aliphatic rings. The highest BCUT2D eigenvalue weighted by atomic mass is 32.2. The minimum Gasteiger partial charge on any atom is -0.481 e. The average Bonchev–Trinajstić information content (AvgIpc) is 2.71. The Kier molecular flexibility index (Phi) is 3.63. The molecule has 5 nitrogen and oxygen atoms in total. The maximum atomic E-state index is 10.7. The van der Waals surface area contributed by atoms with Gasteiger partial charge in [0.2, 0.25) is 0 Å². The Labute approximate surface area is 103 Å². The van der Waals surface area contributed by atoms with Gasteiger partial charge < -0.3 is 5.11 Å². The van der Waals surface area contributed by atoms with Crippen LogP contribution >= 0.6 is 11.8 Å². The van der Waals surface area contributed by atoms with Gasteiger partial charge in [-0.2, -0.15) is 0 Å². The largest absolute Gasteiger partial charge is 0.481 e. The number of nitrogens with zero attached hydrogens (tertiary/aromatic N) is 3. The van der Waals surface area contributed by atoms with E-state index in [1.807, 2.05) is 35.7 Å². The number of fused-ring (bicyclic) bond motifs is 1. The summed E-state index contributed by atoms with van der Waals surface area (Å²) in [5, 5.41) is 17.7. The van der Waals surface area contributed by atoms with E-state index < -0.39 is 5.97 Å². The van der Waals surface area contributed by atoms with Crippen molar-refractivity contribution in [2.75, 3.05) is 0 Å². The quantitative estimate of drug-likeness (QED) is 0.824. The Hall–Kier alpha value is -1.56. The second-order valence-corrected chi connectivity index (χ2v) is 4.92. The Morgan fingerprint density at radius 1 is 1.53 bits per heavy atom. The zero-order valence-corrected chi connectivity index (χ0v) is 10.2. The molecule has 0 aromatic carbocycles. The van der Waals surface area contributed by atoms with E-state index in [1.165, 1.54) is 11.8 Å². The number of hydrogen-bond donors (Lipinski definition) is 1. The van der Waals surface area contributed by atoms with Crippen LogP contribution in [0.4, 0.5) is 0 Å². The van der Waals surface area contributed by atoms with E-state index in [1.54, 1.807) is 0 Å². The molecule has 0 saturated carbocycles. The molecule has 0 saturated heterocycles. The fourth-order valence-corrected chi connectivity index (χ4v) is 2.56. The summed E-state index contributed by atoms with van der Waals surface area (Å²) in [7, 11) is 0. The first kappa shape index (κ1) is 11.9. The van der Waals surface area contributed by atoms with Gasteiger partial charge in [0, 0.05) is 11.4 Å². The molecule has 0 spiro atoms. The van der Waals surface area contributed by atoms with Gasteiger partial charge in [-0.1, -0.05) is 24.8 Å². The topological polar surface area (TPSA) is 67.5 Å². The lowest BCUT2D eigenvalue weighted by molar-refractivity contribution is -0.136. The minimum atomic E-state index is -0.779. The molecular formula is C11H13N3O2S. The maximum absolute atomic E-state index is 10.7. The molecule has 0 amide bonds. The molecule has 6 heteroatoms. The van der Waals surface area contributed by atoms with Gasteiger partial charge in [-0.3, -0.25) is 9.20 Å². The Balaban J connectivity index is 2.19. The van der Waals surface area contributed by atoms with E-state index in [2.05, 4.69) is 10.2 Å². The van der Waals surface area contributed by atoms with Crippen LogP contribution in [0.2, 0.25) is 0 Å². The summed E-state index contributed by atoms with van der Waals surface area (Å²) < 4.78 is 1.87. The fraction of sp³-hybridized carbons (Fsp3) is 0.364. The van der Waals surface area contributed by atoms with Crippen molar-refractivity contribution in [1.82, 2.24) is 14.6 Å². The summed E-state index contributed by atoms with van der Waals surface area (Å²) in [5.74, 6) is -0.779. The van der Waals surface area contributed by atoms with Gasteiger partial charge in [0.15, 0.2) is 10.8 Å². The number of aliphatic carboxylic acids is 1. The van der Waals surface area contributed by atoms with Crippen LogP contribution in [0.1, 0.15) is 19.8 Å². The van der Waals surface area contributed by atoms with Gasteiger partial charge in [-0.25, -0.2) is 0 Å². The van der Waals surface area contributed by atoms with Crippen LogP contribution in [0.15, 0.2) is 29.6 Å². The zero-order chi connectivity index (χ0) is 12.3. The Morgan fingerprint density at radius 3 is 3.06 bits per heavy atom. The first-order valence-corrected chi connectivity index (χ1v) is 6.27. The molecule has 2 heterocycles. The molecule has 0 aliphatic carbocycles. The van der Waals surface area contributed by atoms with Crippen LogP contribution in [0.25, 0.3) is 5.65 Å². The predicted molar refractivity (Wildman–Crippen MR) is 65.2 cm³/mol. The number of carbonyl (C=O) groups is 1. The normalized spacial score (nSPS) is 12.8. The number of rotatable bonds is 5. The van der Waals surface area contributed by atoms with Gasteiger partial charge in [-0.05, 0) is 18.6 Å². The molecule has 17 heavy (non-hydrogen) atoms. The monoisotopic (exact) mass is 251 g/mol. The number of aromatic nitrogens is 3. The van der Waals surface area contributed by atoms with Crippen molar-refractivity contribution in [2.45, 2.75) is 30.2 Å². The number of thioether (sulfide) groups is 1. The average molecular weight is 251 g/mol. The molecule has 2 aromatic heterocycles. The van der Waals surface area contributed by atoms with Crippen molar-refractivity contribution in [1.29, 1.82) is 0 Å². The van der Waals surface area contributed by atoms with Gasteiger partial charge in [0.05, 0.1) is 6.42 Å². The fourth-order valence-electron chi connectivity index (χ4n) is 1.51. The van der Waals surface area contributed by atoms with Crippen molar-refractivity contribution in [3.8, 4) is 0 Å². The van der Waals surface area contributed by atoms with Gasteiger partial charge in [-0.15, -0.1) is 10.2 Å². The molecule has 1 N–H and O–H groups in total. The highest BCUT2D eigenvalue weighted by Crippen LogP contribution is 2.26. The number of hydrogen-bond acceptors (Lipinski definition) is 4. The molecule has 0 fully saturated rings. The van der Waals surface area contributed by atoms with E-state index in [0.29, 0.717) is 0 Å². The maximum Gasteiger partial charge on any atom is 0.304 e. The highest BCUT2D eigenvalue weighted by molar-refractivity contribution is 7.99. The van der Waals surface area contributed by atoms with E-state index in [4.69, 9.17) is 5.11 Å². The van der Waals surface area contributed by atoms with Crippen LogP contribution in [-0.4, -0.2) is 30.9 Å². The SMILES string of the molecule is CCC(CC(=O)O)Sc1nnc2ccccn12. The summed E-state index contributed by atoms with van der Waals surface area (Å²) >= 11 is 1.46. The summed E-state index contributed by atoms with van der Waals surface area (Å²) in [5.41, 5.74) is 0.778. The molecule has 0 radical (unpaired) electrons. The van der Waals surface area contributed by atoms with E-state index in [9.17, 15) is 4.79 Å². The molecule has 90 valence electrons. The summed E-state index contributed by atoms with van der Waals surface area (Å²) in [4.78, 5) is 10.7. The van der Waals surface area contributed by atoms with E-state index in [-0.39, 0.29) is 11.7 Å².